The molecule has 106 valence electrons. The van der Waals surface area contributed by atoms with E-state index in [4.69, 9.17) is 4.84 Å². The van der Waals surface area contributed by atoms with Gasteiger partial charge in [-0.25, -0.2) is 0 Å². The van der Waals surface area contributed by atoms with Crippen molar-refractivity contribution in [1.82, 2.24) is 9.96 Å². The Morgan fingerprint density at radius 2 is 1.24 bits per heavy atom. The highest BCUT2D eigenvalue weighted by atomic mass is 16.7. The monoisotopic (exact) mass is 246 g/mol. The average molecular weight is 246 g/mol. The first-order valence-corrected chi connectivity index (χ1v) is 7.28. The van der Waals surface area contributed by atoms with Crippen LogP contribution in [0.5, 0.6) is 0 Å². The van der Waals surface area contributed by atoms with E-state index >= 15 is 0 Å². The van der Waals surface area contributed by atoms with Gasteiger partial charge in [0.05, 0.1) is 6.61 Å². The summed E-state index contributed by atoms with van der Waals surface area (Å²) in [5, 5.41) is 1.97. The summed E-state index contributed by atoms with van der Waals surface area (Å²) in [4.78, 5) is 7.85. The number of hydroxylamine groups is 2. The number of rotatable bonds is 0. The van der Waals surface area contributed by atoms with E-state index in [9.17, 15) is 0 Å². The molecule has 0 spiro atoms. The maximum Gasteiger partial charge on any atom is 0.0729 e. The molecule has 0 saturated carbocycles. The molecule has 2 saturated heterocycles. The molecule has 0 amide bonds. The molecule has 2 atom stereocenters. The Labute approximate surface area is 109 Å². The van der Waals surface area contributed by atoms with Gasteiger partial charge in [-0.1, -0.05) is 41.5 Å². The second-order valence-electron chi connectivity index (χ2n) is 3.85. The third-order valence-corrected chi connectivity index (χ3v) is 2.76. The van der Waals surface area contributed by atoms with Crippen LogP contribution in [-0.4, -0.2) is 50.3 Å². The van der Waals surface area contributed by atoms with Crippen molar-refractivity contribution < 1.29 is 4.84 Å². The highest BCUT2D eigenvalue weighted by molar-refractivity contribution is 4.84. The van der Waals surface area contributed by atoms with Crippen molar-refractivity contribution >= 4 is 0 Å². The molecule has 0 aromatic heterocycles. The Bertz CT molecular complexity index is 153. The fraction of sp³-hybridized carbons (Fsp3) is 1.00. The molecular formula is C14H34N2O. The predicted molar refractivity (Wildman–Crippen MR) is 77.1 cm³/mol. The zero-order chi connectivity index (χ0) is 13.8. The molecule has 2 fully saturated rings. The van der Waals surface area contributed by atoms with E-state index < -0.39 is 0 Å². The maximum atomic E-state index is 5.45. The number of hydrogen-bond acceptors (Lipinski definition) is 3. The lowest BCUT2D eigenvalue weighted by atomic mass is 9.96. The molecular weight excluding hydrogens is 212 g/mol. The third-order valence-electron chi connectivity index (χ3n) is 2.76. The number of nitrogens with zero attached hydrogens (tertiary/aromatic N) is 2. The first kappa shape index (κ1) is 19.2. The van der Waals surface area contributed by atoms with Gasteiger partial charge >= 0.3 is 0 Å². The summed E-state index contributed by atoms with van der Waals surface area (Å²) in [6.07, 6.45) is 0. The summed E-state index contributed by atoms with van der Waals surface area (Å²) in [5.74, 6) is 1.63. The van der Waals surface area contributed by atoms with Crippen molar-refractivity contribution in [2.45, 2.75) is 41.5 Å². The topological polar surface area (TPSA) is 15.7 Å². The van der Waals surface area contributed by atoms with E-state index in [0.29, 0.717) is 0 Å². The van der Waals surface area contributed by atoms with Gasteiger partial charge in [0.2, 0.25) is 0 Å². The van der Waals surface area contributed by atoms with Crippen molar-refractivity contribution in [3.63, 3.8) is 0 Å². The van der Waals surface area contributed by atoms with Gasteiger partial charge in [0.1, 0.15) is 0 Å². The predicted octanol–water partition coefficient (Wildman–Crippen LogP) is 3.12. The molecule has 0 aromatic carbocycles. The smallest absolute Gasteiger partial charge is 0.0729 e. The van der Waals surface area contributed by atoms with Gasteiger partial charge in [-0.2, -0.15) is 5.06 Å². The Balaban J connectivity index is 0. The van der Waals surface area contributed by atoms with Crippen molar-refractivity contribution in [2.24, 2.45) is 11.8 Å². The van der Waals surface area contributed by atoms with Crippen molar-refractivity contribution in [2.75, 3.05) is 40.3 Å². The van der Waals surface area contributed by atoms with Gasteiger partial charge in [-0.05, 0) is 13.0 Å². The van der Waals surface area contributed by atoms with Gasteiger partial charge in [0.15, 0.2) is 0 Å². The van der Waals surface area contributed by atoms with Crippen LogP contribution < -0.4 is 0 Å². The van der Waals surface area contributed by atoms with E-state index in [1.807, 2.05) is 53.7 Å². The van der Waals surface area contributed by atoms with Gasteiger partial charge in [-0.3, -0.25) is 4.84 Å². The summed E-state index contributed by atoms with van der Waals surface area (Å²) in [6.45, 7) is 16.5. The zero-order valence-electron chi connectivity index (χ0n) is 13.3. The summed E-state index contributed by atoms with van der Waals surface area (Å²) in [6, 6.07) is 0. The van der Waals surface area contributed by atoms with Crippen LogP contribution >= 0.6 is 0 Å². The molecule has 2 rings (SSSR count). The molecule has 0 radical (unpaired) electrons. The fourth-order valence-corrected chi connectivity index (χ4v) is 2.17. The lowest BCUT2D eigenvalue weighted by Crippen LogP contribution is -2.38. The number of likely N-dealkylation sites (tertiary alicyclic amines) is 1. The van der Waals surface area contributed by atoms with Crippen LogP contribution in [0.4, 0.5) is 0 Å². The minimum Gasteiger partial charge on any atom is -0.306 e. The molecule has 17 heavy (non-hydrogen) atoms. The fourth-order valence-electron chi connectivity index (χ4n) is 2.17. The number of hydrogen-bond donors (Lipinski definition) is 0. The minimum atomic E-state index is 0.788. The highest BCUT2D eigenvalue weighted by Crippen LogP contribution is 2.26. The van der Waals surface area contributed by atoms with Crippen LogP contribution in [0.1, 0.15) is 41.5 Å². The van der Waals surface area contributed by atoms with Gasteiger partial charge < -0.3 is 4.90 Å². The lowest BCUT2D eigenvalue weighted by molar-refractivity contribution is -0.189. The molecule has 2 aliphatic rings. The Morgan fingerprint density at radius 1 is 0.765 bits per heavy atom. The van der Waals surface area contributed by atoms with Crippen molar-refractivity contribution in [1.29, 1.82) is 0 Å². The first-order valence-electron chi connectivity index (χ1n) is 7.28. The van der Waals surface area contributed by atoms with Crippen molar-refractivity contribution in [3.05, 3.63) is 0 Å². The van der Waals surface area contributed by atoms with Crippen LogP contribution in [0.15, 0.2) is 0 Å². The Kier molecular flexibility index (Phi) is 14.0. The van der Waals surface area contributed by atoms with Gasteiger partial charge in [-0.15, -0.1) is 0 Å². The molecule has 0 N–H and O–H groups in total. The largest absolute Gasteiger partial charge is 0.306 e. The quantitative estimate of drug-likeness (QED) is 0.653. The lowest BCUT2D eigenvalue weighted by Gasteiger charge is -2.30. The van der Waals surface area contributed by atoms with E-state index in [2.05, 4.69) is 11.9 Å². The molecule has 0 aromatic rings. The summed E-state index contributed by atoms with van der Waals surface area (Å²) in [7, 11) is 4.22. The van der Waals surface area contributed by atoms with Crippen molar-refractivity contribution in [3.8, 4) is 0 Å². The second kappa shape index (κ2) is 12.3. The molecule has 2 heterocycles. The molecule has 3 heteroatoms. The second-order valence-corrected chi connectivity index (χ2v) is 3.85. The maximum absolute atomic E-state index is 5.45. The van der Waals surface area contributed by atoms with Crippen LogP contribution in [0.25, 0.3) is 0 Å². The molecule has 2 aliphatic heterocycles. The van der Waals surface area contributed by atoms with Crippen LogP contribution in [-0.2, 0) is 4.84 Å². The summed E-state index contributed by atoms with van der Waals surface area (Å²) >= 11 is 0. The molecule has 2 unspecified atom stereocenters. The van der Waals surface area contributed by atoms with E-state index in [0.717, 1.165) is 25.0 Å². The van der Waals surface area contributed by atoms with Gasteiger partial charge in [0, 0.05) is 32.6 Å². The standard InChI is InChI=1S/C8H16N2O.3C2H6/c1-9-3-7-5-10(2)11-6-8(7)4-9;3*1-2/h7-8H,3-6H2,1-2H3;3*1-2H3. The van der Waals surface area contributed by atoms with E-state index in [1.165, 1.54) is 13.1 Å². The van der Waals surface area contributed by atoms with Crippen LogP contribution in [0.2, 0.25) is 0 Å². The highest BCUT2D eigenvalue weighted by Gasteiger charge is 2.35. The summed E-state index contributed by atoms with van der Waals surface area (Å²) in [5.41, 5.74) is 0. The zero-order valence-corrected chi connectivity index (χ0v) is 13.3. The Hall–Kier alpha value is -0.120. The SMILES string of the molecule is CC.CC.CC.CN1CC2CON(C)CC2C1. The molecule has 3 nitrogen and oxygen atoms in total. The summed E-state index contributed by atoms with van der Waals surface area (Å²) < 4.78 is 0. The van der Waals surface area contributed by atoms with E-state index in [1.54, 1.807) is 0 Å². The minimum absolute atomic E-state index is 0.788. The van der Waals surface area contributed by atoms with E-state index in [-0.39, 0.29) is 0 Å². The average Bonchev–Trinajstić information content (AvgIpc) is 2.76. The molecule has 0 bridgehead atoms. The van der Waals surface area contributed by atoms with Crippen LogP contribution in [0, 0.1) is 11.8 Å². The molecule has 0 aliphatic carbocycles. The Morgan fingerprint density at radius 3 is 1.76 bits per heavy atom. The number of fused-ring (bicyclic) bond motifs is 1. The third kappa shape index (κ3) is 7.02. The van der Waals surface area contributed by atoms with Gasteiger partial charge in [0.25, 0.3) is 0 Å². The van der Waals surface area contributed by atoms with Crippen LogP contribution in [0.3, 0.4) is 0 Å². The first-order chi connectivity index (χ1) is 8.25. The normalized spacial score (nSPS) is 27.5.